The van der Waals surface area contributed by atoms with E-state index in [0.29, 0.717) is 6.04 Å². The van der Waals surface area contributed by atoms with Gasteiger partial charge in [0.05, 0.1) is 5.52 Å². The Morgan fingerprint density at radius 2 is 2.14 bits per heavy atom. The first-order valence-corrected chi connectivity index (χ1v) is 4.81. The highest BCUT2D eigenvalue weighted by Crippen LogP contribution is 2.35. The zero-order valence-corrected chi connectivity index (χ0v) is 7.68. The van der Waals surface area contributed by atoms with Gasteiger partial charge in [0, 0.05) is 29.9 Å². The zero-order chi connectivity index (χ0) is 9.54. The molecule has 0 atom stereocenters. The molecule has 2 aromatic heterocycles. The van der Waals surface area contributed by atoms with Crippen LogP contribution in [0.2, 0.25) is 0 Å². The molecule has 2 heterocycles. The number of fused-ring (bicyclic) bond motifs is 1. The van der Waals surface area contributed by atoms with E-state index in [1.165, 1.54) is 0 Å². The molecule has 3 nitrogen and oxygen atoms in total. The third kappa shape index (κ3) is 1.05. The summed E-state index contributed by atoms with van der Waals surface area (Å²) in [7, 11) is 0. The summed E-state index contributed by atoms with van der Waals surface area (Å²) >= 11 is 0. The van der Waals surface area contributed by atoms with E-state index >= 15 is 0 Å². The molecule has 0 saturated heterocycles. The highest BCUT2D eigenvalue weighted by atomic mass is 16.1. The maximum atomic E-state index is 11.7. The number of hydrogen-bond donors (Lipinski definition) is 0. The molecule has 2 aromatic rings. The molecule has 0 bridgehead atoms. The molecule has 1 fully saturated rings. The molecule has 1 aliphatic rings. The van der Waals surface area contributed by atoms with Crippen LogP contribution in [0.1, 0.15) is 18.9 Å². The van der Waals surface area contributed by atoms with Crippen LogP contribution < -0.4 is 5.56 Å². The van der Waals surface area contributed by atoms with Gasteiger partial charge in [-0.1, -0.05) is 0 Å². The Bertz CT molecular complexity index is 540. The summed E-state index contributed by atoms with van der Waals surface area (Å²) in [5, 5.41) is 1.04. The van der Waals surface area contributed by atoms with Gasteiger partial charge in [0.25, 0.3) is 5.56 Å². The largest absolute Gasteiger partial charge is 0.305 e. The molecule has 0 unspecified atom stereocenters. The summed E-state index contributed by atoms with van der Waals surface area (Å²) in [4.78, 5) is 15.7. The van der Waals surface area contributed by atoms with Gasteiger partial charge in [-0.3, -0.25) is 9.78 Å². The molecule has 0 aromatic carbocycles. The molecule has 3 heteroatoms. The van der Waals surface area contributed by atoms with Crippen molar-refractivity contribution in [2.24, 2.45) is 0 Å². The van der Waals surface area contributed by atoms with E-state index in [4.69, 9.17) is 0 Å². The monoisotopic (exact) mass is 186 g/mol. The van der Waals surface area contributed by atoms with Gasteiger partial charge in [-0.05, 0) is 25.0 Å². The molecule has 0 spiro atoms. The van der Waals surface area contributed by atoms with Gasteiger partial charge in [-0.2, -0.15) is 0 Å². The van der Waals surface area contributed by atoms with E-state index in [1.807, 2.05) is 16.7 Å². The second-order valence-corrected chi connectivity index (χ2v) is 3.71. The normalized spacial score (nSPS) is 16.0. The lowest BCUT2D eigenvalue weighted by Gasteiger charge is -2.07. The maximum absolute atomic E-state index is 11.7. The third-order valence-corrected chi connectivity index (χ3v) is 2.64. The van der Waals surface area contributed by atoms with E-state index in [1.54, 1.807) is 18.5 Å². The van der Waals surface area contributed by atoms with Crippen LogP contribution in [0.15, 0.2) is 35.4 Å². The van der Waals surface area contributed by atoms with Crippen molar-refractivity contribution < 1.29 is 0 Å². The lowest BCUT2D eigenvalue weighted by Crippen LogP contribution is -2.17. The molecule has 0 radical (unpaired) electrons. The lowest BCUT2D eigenvalue weighted by atomic mass is 10.2. The number of hydrogen-bond acceptors (Lipinski definition) is 2. The molecule has 0 amide bonds. The Morgan fingerprint density at radius 1 is 1.29 bits per heavy atom. The van der Waals surface area contributed by atoms with Crippen LogP contribution in [-0.2, 0) is 0 Å². The van der Waals surface area contributed by atoms with Gasteiger partial charge in [0.2, 0.25) is 0 Å². The zero-order valence-electron chi connectivity index (χ0n) is 7.68. The van der Waals surface area contributed by atoms with Crippen LogP contribution in [-0.4, -0.2) is 9.55 Å². The van der Waals surface area contributed by atoms with Crippen LogP contribution in [0.3, 0.4) is 0 Å². The summed E-state index contributed by atoms with van der Waals surface area (Å²) in [6.45, 7) is 0. The second kappa shape index (κ2) is 2.67. The van der Waals surface area contributed by atoms with Gasteiger partial charge in [0.15, 0.2) is 0 Å². The lowest BCUT2D eigenvalue weighted by molar-refractivity contribution is 0.739. The molecular weight excluding hydrogens is 176 g/mol. The smallest absolute Gasteiger partial charge is 0.251 e. The SMILES string of the molecule is O=c1ccc2cnccc2n1C1CC1. The second-order valence-electron chi connectivity index (χ2n) is 3.71. The maximum Gasteiger partial charge on any atom is 0.251 e. The summed E-state index contributed by atoms with van der Waals surface area (Å²) < 4.78 is 1.89. The van der Waals surface area contributed by atoms with Crippen LogP contribution in [0.4, 0.5) is 0 Å². The quantitative estimate of drug-likeness (QED) is 0.679. The summed E-state index contributed by atoms with van der Waals surface area (Å²) in [6.07, 6.45) is 5.79. The molecular formula is C11H10N2O. The summed E-state index contributed by atoms with van der Waals surface area (Å²) in [5.74, 6) is 0. The number of pyridine rings is 2. The van der Waals surface area contributed by atoms with E-state index in [0.717, 1.165) is 23.7 Å². The van der Waals surface area contributed by atoms with Gasteiger partial charge >= 0.3 is 0 Å². The number of aromatic nitrogens is 2. The van der Waals surface area contributed by atoms with Crippen molar-refractivity contribution in [3.8, 4) is 0 Å². The van der Waals surface area contributed by atoms with Crippen molar-refractivity contribution in [1.29, 1.82) is 0 Å². The average Bonchev–Trinajstić information content (AvgIpc) is 3.01. The molecule has 70 valence electrons. The fraction of sp³-hybridized carbons (Fsp3) is 0.273. The first-order valence-electron chi connectivity index (χ1n) is 4.81. The summed E-state index contributed by atoms with van der Waals surface area (Å²) in [5.41, 5.74) is 1.11. The van der Waals surface area contributed by atoms with Gasteiger partial charge < -0.3 is 4.57 Å². The molecule has 1 aliphatic carbocycles. The first-order chi connectivity index (χ1) is 6.86. The Labute approximate surface area is 81.0 Å². The standard InChI is InChI=1S/C11H10N2O/c14-11-4-1-8-7-12-6-5-10(8)13(11)9-2-3-9/h1,4-7,9H,2-3H2. The van der Waals surface area contributed by atoms with E-state index < -0.39 is 0 Å². The Hall–Kier alpha value is -1.64. The Kier molecular flexibility index (Phi) is 1.48. The van der Waals surface area contributed by atoms with Gasteiger partial charge in [-0.15, -0.1) is 0 Å². The van der Waals surface area contributed by atoms with Crippen molar-refractivity contribution in [2.45, 2.75) is 18.9 Å². The van der Waals surface area contributed by atoms with Crippen LogP contribution in [0.25, 0.3) is 10.9 Å². The van der Waals surface area contributed by atoms with E-state index in [2.05, 4.69) is 4.98 Å². The first kappa shape index (κ1) is 7.74. The molecule has 0 N–H and O–H groups in total. The number of nitrogens with zero attached hydrogens (tertiary/aromatic N) is 2. The van der Waals surface area contributed by atoms with Crippen molar-refractivity contribution in [3.63, 3.8) is 0 Å². The Balaban J connectivity index is 2.42. The molecule has 0 aliphatic heterocycles. The van der Waals surface area contributed by atoms with Crippen LogP contribution >= 0.6 is 0 Å². The molecule has 3 rings (SSSR count). The average molecular weight is 186 g/mol. The minimum Gasteiger partial charge on any atom is -0.305 e. The predicted octanol–water partition coefficient (Wildman–Crippen LogP) is 1.73. The van der Waals surface area contributed by atoms with Crippen LogP contribution in [0.5, 0.6) is 0 Å². The predicted molar refractivity (Wildman–Crippen MR) is 54.3 cm³/mol. The minimum atomic E-state index is 0.103. The number of rotatable bonds is 1. The topological polar surface area (TPSA) is 34.9 Å². The van der Waals surface area contributed by atoms with E-state index in [-0.39, 0.29) is 5.56 Å². The van der Waals surface area contributed by atoms with Crippen molar-refractivity contribution in [3.05, 3.63) is 40.9 Å². The highest BCUT2D eigenvalue weighted by molar-refractivity contribution is 5.77. The summed E-state index contributed by atoms with van der Waals surface area (Å²) in [6, 6.07) is 5.80. The molecule has 1 saturated carbocycles. The van der Waals surface area contributed by atoms with Crippen LogP contribution in [0, 0.1) is 0 Å². The molecule has 14 heavy (non-hydrogen) atoms. The highest BCUT2D eigenvalue weighted by Gasteiger charge is 2.25. The van der Waals surface area contributed by atoms with Crippen molar-refractivity contribution >= 4 is 10.9 Å². The fourth-order valence-electron chi connectivity index (χ4n) is 1.82. The van der Waals surface area contributed by atoms with Crippen molar-refractivity contribution in [2.75, 3.05) is 0 Å². The van der Waals surface area contributed by atoms with Gasteiger partial charge in [-0.25, -0.2) is 0 Å². The van der Waals surface area contributed by atoms with Gasteiger partial charge in [0.1, 0.15) is 0 Å². The van der Waals surface area contributed by atoms with Crippen molar-refractivity contribution in [1.82, 2.24) is 9.55 Å². The minimum absolute atomic E-state index is 0.103. The Morgan fingerprint density at radius 3 is 2.93 bits per heavy atom. The fourth-order valence-corrected chi connectivity index (χ4v) is 1.82. The third-order valence-electron chi connectivity index (χ3n) is 2.64. The van der Waals surface area contributed by atoms with E-state index in [9.17, 15) is 4.79 Å².